The monoisotopic (exact) mass is 382 g/mol. The lowest BCUT2D eigenvalue weighted by Gasteiger charge is -2.37. The average molecular weight is 383 g/mol. The Balaban J connectivity index is 1.63. The Hall–Kier alpha value is -2.47. The number of aromatic nitrogens is 2. The average Bonchev–Trinajstić information content (AvgIpc) is 2.72. The summed E-state index contributed by atoms with van der Waals surface area (Å²) in [5.41, 5.74) is 1.21. The number of hydrogen-bond acceptors (Lipinski definition) is 5. The normalized spacial score (nSPS) is 20.1. The molecule has 0 spiro atoms. The summed E-state index contributed by atoms with van der Waals surface area (Å²) in [4.78, 5) is 23.3. The van der Waals surface area contributed by atoms with Gasteiger partial charge in [-0.15, -0.1) is 0 Å². The smallest absolute Gasteiger partial charge is 0.224 e. The van der Waals surface area contributed by atoms with Gasteiger partial charge in [-0.25, -0.2) is 0 Å². The van der Waals surface area contributed by atoms with Gasteiger partial charge in [0.25, 0.3) is 0 Å². The molecule has 0 radical (unpaired) electrons. The standard InChI is InChI=1S/C22H30N4O2/c1-17(2)11-25-22(27)20-10-19(16-28-21-4-3-7-24-12-21)14-26(15-20)13-18-5-8-23-9-6-18/h3-9,12,17,19-20H,10-11,13-16H2,1-2H3,(H,25,27)/t19-,20+/m0/s1. The summed E-state index contributed by atoms with van der Waals surface area (Å²) >= 11 is 0. The van der Waals surface area contributed by atoms with Gasteiger partial charge in [0.15, 0.2) is 0 Å². The van der Waals surface area contributed by atoms with Crippen molar-refractivity contribution in [2.45, 2.75) is 26.8 Å². The van der Waals surface area contributed by atoms with E-state index in [0.29, 0.717) is 18.4 Å². The number of pyridine rings is 2. The third-order valence-electron chi connectivity index (χ3n) is 4.94. The summed E-state index contributed by atoms with van der Waals surface area (Å²) in [5, 5.41) is 3.10. The van der Waals surface area contributed by atoms with Crippen LogP contribution in [0.4, 0.5) is 0 Å². The van der Waals surface area contributed by atoms with Gasteiger partial charge in [-0.1, -0.05) is 13.8 Å². The summed E-state index contributed by atoms with van der Waals surface area (Å²) < 4.78 is 5.94. The van der Waals surface area contributed by atoms with Gasteiger partial charge in [0, 0.05) is 50.7 Å². The van der Waals surface area contributed by atoms with Gasteiger partial charge in [0.2, 0.25) is 5.91 Å². The van der Waals surface area contributed by atoms with Crippen molar-refractivity contribution in [3.8, 4) is 5.75 Å². The summed E-state index contributed by atoms with van der Waals surface area (Å²) in [6.45, 7) is 8.04. The van der Waals surface area contributed by atoms with Gasteiger partial charge in [0.1, 0.15) is 5.75 Å². The lowest BCUT2D eigenvalue weighted by molar-refractivity contribution is -0.128. The van der Waals surface area contributed by atoms with Gasteiger partial charge < -0.3 is 10.1 Å². The number of likely N-dealkylation sites (tertiary alicyclic amines) is 1. The van der Waals surface area contributed by atoms with E-state index in [9.17, 15) is 4.79 Å². The van der Waals surface area contributed by atoms with Crippen LogP contribution >= 0.6 is 0 Å². The molecule has 0 saturated carbocycles. The molecule has 1 amide bonds. The van der Waals surface area contributed by atoms with E-state index in [0.717, 1.165) is 38.3 Å². The number of nitrogens with zero attached hydrogens (tertiary/aromatic N) is 3. The third-order valence-corrected chi connectivity index (χ3v) is 4.94. The minimum atomic E-state index is -0.0168. The highest BCUT2D eigenvalue weighted by Crippen LogP contribution is 2.25. The third kappa shape index (κ3) is 6.30. The summed E-state index contributed by atoms with van der Waals surface area (Å²) in [5.74, 6) is 1.65. The Morgan fingerprint density at radius 3 is 2.75 bits per heavy atom. The molecule has 1 fully saturated rings. The van der Waals surface area contributed by atoms with Crippen LogP contribution in [-0.4, -0.2) is 47.0 Å². The largest absolute Gasteiger partial charge is 0.492 e. The molecule has 6 nitrogen and oxygen atoms in total. The van der Waals surface area contributed by atoms with Crippen LogP contribution in [0.25, 0.3) is 0 Å². The van der Waals surface area contributed by atoms with E-state index in [2.05, 4.69) is 34.0 Å². The number of nitrogens with one attached hydrogen (secondary N) is 1. The topological polar surface area (TPSA) is 67.3 Å². The molecule has 6 heteroatoms. The van der Waals surface area contributed by atoms with Crippen molar-refractivity contribution in [3.63, 3.8) is 0 Å². The molecule has 1 aliphatic heterocycles. The van der Waals surface area contributed by atoms with E-state index in [4.69, 9.17) is 4.74 Å². The highest BCUT2D eigenvalue weighted by Gasteiger charge is 2.32. The van der Waals surface area contributed by atoms with E-state index >= 15 is 0 Å². The predicted molar refractivity (Wildman–Crippen MR) is 109 cm³/mol. The van der Waals surface area contributed by atoms with Gasteiger partial charge >= 0.3 is 0 Å². The molecule has 2 atom stereocenters. The number of carbonyl (C=O) groups excluding carboxylic acids is 1. The summed E-state index contributed by atoms with van der Waals surface area (Å²) in [6.07, 6.45) is 7.94. The Kier molecular flexibility index (Phi) is 7.37. The Bertz CT molecular complexity index is 724. The minimum absolute atomic E-state index is 0.0168. The van der Waals surface area contributed by atoms with E-state index < -0.39 is 0 Å². The van der Waals surface area contributed by atoms with Crippen LogP contribution in [0.3, 0.4) is 0 Å². The summed E-state index contributed by atoms with van der Waals surface area (Å²) in [6, 6.07) is 7.85. The molecule has 0 aliphatic carbocycles. The van der Waals surface area contributed by atoms with Gasteiger partial charge in [-0.2, -0.15) is 0 Å². The first-order chi connectivity index (χ1) is 13.6. The second-order valence-electron chi connectivity index (χ2n) is 7.99. The zero-order valence-electron chi connectivity index (χ0n) is 16.8. The molecule has 3 rings (SSSR count). The van der Waals surface area contributed by atoms with E-state index in [1.807, 2.05) is 36.7 Å². The van der Waals surface area contributed by atoms with E-state index in [1.165, 1.54) is 5.56 Å². The van der Waals surface area contributed by atoms with Crippen molar-refractivity contribution < 1.29 is 9.53 Å². The molecule has 1 aliphatic rings. The van der Waals surface area contributed by atoms with Crippen molar-refractivity contribution in [2.75, 3.05) is 26.2 Å². The highest BCUT2D eigenvalue weighted by atomic mass is 16.5. The zero-order valence-corrected chi connectivity index (χ0v) is 16.8. The second-order valence-corrected chi connectivity index (χ2v) is 7.99. The van der Waals surface area contributed by atoms with Gasteiger partial charge in [0.05, 0.1) is 18.7 Å². The Morgan fingerprint density at radius 1 is 1.21 bits per heavy atom. The van der Waals surface area contributed by atoms with Crippen molar-refractivity contribution in [3.05, 3.63) is 54.6 Å². The zero-order chi connectivity index (χ0) is 19.8. The number of piperidine rings is 1. The molecule has 0 bridgehead atoms. The number of rotatable bonds is 8. The van der Waals surface area contributed by atoms with Crippen LogP contribution in [0.1, 0.15) is 25.8 Å². The van der Waals surface area contributed by atoms with Crippen LogP contribution in [0, 0.1) is 17.8 Å². The van der Waals surface area contributed by atoms with Crippen molar-refractivity contribution in [1.82, 2.24) is 20.2 Å². The van der Waals surface area contributed by atoms with Crippen molar-refractivity contribution >= 4 is 5.91 Å². The van der Waals surface area contributed by atoms with Crippen molar-refractivity contribution in [2.24, 2.45) is 17.8 Å². The fourth-order valence-corrected chi connectivity index (χ4v) is 3.58. The van der Waals surface area contributed by atoms with Crippen LogP contribution in [0.2, 0.25) is 0 Å². The van der Waals surface area contributed by atoms with E-state index in [1.54, 1.807) is 12.4 Å². The molecular formula is C22H30N4O2. The molecule has 28 heavy (non-hydrogen) atoms. The first-order valence-electron chi connectivity index (χ1n) is 10.0. The fourth-order valence-electron chi connectivity index (χ4n) is 3.58. The maximum atomic E-state index is 12.7. The number of carbonyl (C=O) groups is 1. The molecule has 0 aromatic carbocycles. The molecule has 1 saturated heterocycles. The van der Waals surface area contributed by atoms with Gasteiger partial charge in [-0.05, 0) is 42.2 Å². The SMILES string of the molecule is CC(C)CNC(=O)[C@@H]1C[C@H](COc2cccnc2)CN(Cc2ccncc2)C1. The summed E-state index contributed by atoms with van der Waals surface area (Å²) in [7, 11) is 0. The predicted octanol–water partition coefficient (Wildman–Crippen LogP) is 2.77. The molecule has 3 heterocycles. The van der Waals surface area contributed by atoms with E-state index in [-0.39, 0.29) is 11.8 Å². The Labute approximate surface area is 167 Å². The molecule has 1 N–H and O–H groups in total. The quantitative estimate of drug-likeness (QED) is 0.760. The second kappa shape index (κ2) is 10.2. The lowest BCUT2D eigenvalue weighted by atomic mass is 9.88. The fraction of sp³-hybridized carbons (Fsp3) is 0.500. The highest BCUT2D eigenvalue weighted by molar-refractivity contribution is 5.79. The first-order valence-corrected chi connectivity index (χ1v) is 10.0. The Morgan fingerprint density at radius 2 is 2.04 bits per heavy atom. The molecule has 150 valence electrons. The number of ether oxygens (including phenoxy) is 1. The number of amides is 1. The maximum absolute atomic E-state index is 12.7. The van der Waals surface area contributed by atoms with Crippen molar-refractivity contribution in [1.29, 1.82) is 0 Å². The molecular weight excluding hydrogens is 352 g/mol. The van der Waals surface area contributed by atoms with Gasteiger partial charge in [-0.3, -0.25) is 19.7 Å². The lowest BCUT2D eigenvalue weighted by Crippen LogP contribution is -2.47. The first kappa shape index (κ1) is 20.3. The van der Waals surface area contributed by atoms with Crippen LogP contribution < -0.4 is 10.1 Å². The molecule has 2 aromatic heterocycles. The van der Waals surface area contributed by atoms with Crippen LogP contribution in [-0.2, 0) is 11.3 Å². The minimum Gasteiger partial charge on any atom is -0.492 e. The van der Waals surface area contributed by atoms with Crippen LogP contribution in [0.15, 0.2) is 49.1 Å². The number of hydrogen-bond donors (Lipinski definition) is 1. The van der Waals surface area contributed by atoms with Crippen LogP contribution in [0.5, 0.6) is 5.75 Å². The molecule has 0 unspecified atom stereocenters. The molecule has 2 aromatic rings. The maximum Gasteiger partial charge on any atom is 0.224 e.